The normalized spacial score (nSPS) is 14.9. The summed E-state index contributed by atoms with van der Waals surface area (Å²) in [5, 5.41) is 0. The first-order valence-corrected chi connectivity index (χ1v) is 4.25. The summed E-state index contributed by atoms with van der Waals surface area (Å²) in [4.78, 5) is 24.2. The second-order valence-corrected chi connectivity index (χ2v) is 3.39. The van der Waals surface area contributed by atoms with Crippen LogP contribution in [0.5, 0.6) is 0 Å². The van der Waals surface area contributed by atoms with E-state index in [0.29, 0.717) is 16.8 Å². The van der Waals surface area contributed by atoms with Crippen molar-refractivity contribution in [1.82, 2.24) is 4.90 Å². The Kier molecular flexibility index (Phi) is 1.61. The maximum atomic E-state index is 11.6. The van der Waals surface area contributed by atoms with Gasteiger partial charge in [-0.1, -0.05) is 6.07 Å². The SMILES string of the molecule is Cc1ccc2c(c1N)C(=O)N(C)C2=O. The number of anilines is 1. The maximum absolute atomic E-state index is 11.6. The van der Waals surface area contributed by atoms with Gasteiger partial charge in [0.25, 0.3) is 11.8 Å². The van der Waals surface area contributed by atoms with Gasteiger partial charge in [0.2, 0.25) is 0 Å². The first-order valence-electron chi connectivity index (χ1n) is 4.25. The van der Waals surface area contributed by atoms with Crippen LogP contribution >= 0.6 is 0 Å². The average Bonchev–Trinajstić information content (AvgIpc) is 2.38. The zero-order valence-electron chi connectivity index (χ0n) is 8.00. The van der Waals surface area contributed by atoms with Gasteiger partial charge in [-0.15, -0.1) is 0 Å². The van der Waals surface area contributed by atoms with Gasteiger partial charge in [0.15, 0.2) is 0 Å². The van der Waals surface area contributed by atoms with E-state index >= 15 is 0 Å². The highest BCUT2D eigenvalue weighted by atomic mass is 16.2. The molecular formula is C10H10N2O2. The molecule has 4 heteroatoms. The molecule has 0 aliphatic carbocycles. The number of hydrogen-bond donors (Lipinski definition) is 1. The van der Waals surface area contributed by atoms with Gasteiger partial charge in [-0.2, -0.15) is 0 Å². The summed E-state index contributed by atoms with van der Waals surface area (Å²) in [5.74, 6) is -0.595. The summed E-state index contributed by atoms with van der Waals surface area (Å²) in [6, 6.07) is 3.39. The Balaban J connectivity index is 2.76. The van der Waals surface area contributed by atoms with Crippen molar-refractivity contribution in [3.8, 4) is 0 Å². The fourth-order valence-corrected chi connectivity index (χ4v) is 1.57. The van der Waals surface area contributed by atoms with Crippen LogP contribution in [0.3, 0.4) is 0 Å². The summed E-state index contributed by atoms with van der Waals surface area (Å²) >= 11 is 0. The third-order valence-corrected chi connectivity index (χ3v) is 2.52. The number of nitrogens with two attached hydrogens (primary N) is 1. The largest absolute Gasteiger partial charge is 0.398 e. The molecule has 14 heavy (non-hydrogen) atoms. The standard InChI is InChI=1S/C10H10N2O2/c1-5-3-4-6-7(8(5)11)10(14)12(2)9(6)13/h3-4H,11H2,1-2H3. The molecule has 0 fully saturated rings. The van der Waals surface area contributed by atoms with Crippen LogP contribution in [-0.2, 0) is 0 Å². The minimum absolute atomic E-state index is 0.281. The lowest BCUT2D eigenvalue weighted by Crippen LogP contribution is -2.24. The van der Waals surface area contributed by atoms with Crippen LogP contribution in [0, 0.1) is 6.92 Å². The van der Waals surface area contributed by atoms with Gasteiger partial charge in [0.05, 0.1) is 11.1 Å². The molecule has 4 nitrogen and oxygen atoms in total. The van der Waals surface area contributed by atoms with Crippen molar-refractivity contribution >= 4 is 17.5 Å². The number of carbonyl (C=O) groups is 2. The Hall–Kier alpha value is -1.84. The first-order chi connectivity index (χ1) is 6.54. The minimum Gasteiger partial charge on any atom is -0.398 e. The van der Waals surface area contributed by atoms with Crippen molar-refractivity contribution in [3.63, 3.8) is 0 Å². The number of imide groups is 1. The van der Waals surface area contributed by atoms with Gasteiger partial charge in [0.1, 0.15) is 0 Å². The summed E-state index contributed by atoms with van der Waals surface area (Å²) in [6.45, 7) is 1.81. The number of fused-ring (bicyclic) bond motifs is 1. The van der Waals surface area contributed by atoms with E-state index in [-0.39, 0.29) is 11.8 Å². The highest BCUT2D eigenvalue weighted by Gasteiger charge is 2.34. The van der Waals surface area contributed by atoms with Crippen LogP contribution in [0.1, 0.15) is 26.3 Å². The van der Waals surface area contributed by atoms with Crippen LogP contribution in [0.4, 0.5) is 5.69 Å². The number of nitrogens with zero attached hydrogens (tertiary/aromatic N) is 1. The molecule has 0 unspecified atom stereocenters. The number of hydrogen-bond acceptors (Lipinski definition) is 3. The van der Waals surface area contributed by atoms with Gasteiger partial charge < -0.3 is 5.73 Å². The topological polar surface area (TPSA) is 63.4 Å². The predicted octanol–water partition coefficient (Wildman–Crippen LogP) is 0.803. The Morgan fingerprint density at radius 1 is 1.21 bits per heavy atom. The summed E-state index contributed by atoms with van der Waals surface area (Å²) in [5.41, 5.74) is 7.72. The molecule has 0 spiro atoms. The van der Waals surface area contributed by atoms with Gasteiger partial charge in [0, 0.05) is 12.7 Å². The van der Waals surface area contributed by atoms with E-state index in [1.165, 1.54) is 7.05 Å². The van der Waals surface area contributed by atoms with Gasteiger partial charge in [-0.05, 0) is 18.6 Å². The molecule has 0 bridgehead atoms. The van der Waals surface area contributed by atoms with Crippen LogP contribution in [0.2, 0.25) is 0 Å². The van der Waals surface area contributed by atoms with Gasteiger partial charge in [-0.3, -0.25) is 14.5 Å². The lowest BCUT2D eigenvalue weighted by molar-refractivity contribution is 0.0693. The van der Waals surface area contributed by atoms with Crippen molar-refractivity contribution in [2.75, 3.05) is 12.8 Å². The Labute approximate surface area is 81.3 Å². The summed E-state index contributed by atoms with van der Waals surface area (Å²) in [6.07, 6.45) is 0. The van der Waals surface area contributed by atoms with Crippen LogP contribution < -0.4 is 5.73 Å². The molecule has 1 heterocycles. The zero-order valence-corrected chi connectivity index (χ0v) is 8.00. The molecule has 0 aromatic heterocycles. The average molecular weight is 190 g/mol. The third-order valence-electron chi connectivity index (χ3n) is 2.52. The molecule has 2 rings (SSSR count). The number of carbonyl (C=O) groups excluding carboxylic acids is 2. The molecule has 0 atom stereocenters. The minimum atomic E-state index is -0.314. The Morgan fingerprint density at radius 2 is 1.86 bits per heavy atom. The van der Waals surface area contributed by atoms with E-state index in [0.717, 1.165) is 10.5 Å². The van der Waals surface area contributed by atoms with Crippen molar-refractivity contribution < 1.29 is 9.59 Å². The molecule has 0 saturated heterocycles. The number of aryl methyl sites for hydroxylation is 1. The molecule has 1 aromatic rings. The quantitative estimate of drug-likeness (QED) is 0.486. The van der Waals surface area contributed by atoms with Crippen molar-refractivity contribution in [2.45, 2.75) is 6.92 Å². The van der Waals surface area contributed by atoms with E-state index in [4.69, 9.17) is 5.73 Å². The molecule has 1 aliphatic heterocycles. The molecule has 72 valence electrons. The van der Waals surface area contributed by atoms with Crippen LogP contribution in [0.15, 0.2) is 12.1 Å². The van der Waals surface area contributed by atoms with Crippen LogP contribution in [0.25, 0.3) is 0 Å². The first kappa shape index (κ1) is 8.74. The highest BCUT2D eigenvalue weighted by molar-refractivity contribution is 6.23. The molecule has 2 amide bonds. The number of rotatable bonds is 0. The molecule has 1 aromatic carbocycles. The fourth-order valence-electron chi connectivity index (χ4n) is 1.57. The van der Waals surface area contributed by atoms with Crippen molar-refractivity contribution in [3.05, 3.63) is 28.8 Å². The number of benzene rings is 1. The maximum Gasteiger partial charge on any atom is 0.263 e. The van der Waals surface area contributed by atoms with Crippen LogP contribution in [-0.4, -0.2) is 23.8 Å². The molecule has 0 radical (unpaired) electrons. The van der Waals surface area contributed by atoms with E-state index in [1.807, 2.05) is 6.92 Å². The molecule has 0 saturated carbocycles. The lowest BCUT2D eigenvalue weighted by Gasteiger charge is -2.04. The van der Waals surface area contributed by atoms with E-state index < -0.39 is 0 Å². The molecular weight excluding hydrogens is 180 g/mol. The fraction of sp³-hybridized carbons (Fsp3) is 0.200. The van der Waals surface area contributed by atoms with E-state index in [1.54, 1.807) is 12.1 Å². The van der Waals surface area contributed by atoms with Crippen molar-refractivity contribution in [2.24, 2.45) is 0 Å². The Morgan fingerprint density at radius 3 is 2.50 bits per heavy atom. The number of amides is 2. The second kappa shape index (κ2) is 2.57. The summed E-state index contributed by atoms with van der Waals surface area (Å²) in [7, 11) is 1.46. The second-order valence-electron chi connectivity index (χ2n) is 3.39. The smallest absolute Gasteiger partial charge is 0.263 e. The number of nitrogen functional groups attached to an aromatic ring is 1. The Bertz CT molecular complexity index is 452. The van der Waals surface area contributed by atoms with Gasteiger partial charge >= 0.3 is 0 Å². The highest BCUT2D eigenvalue weighted by Crippen LogP contribution is 2.28. The van der Waals surface area contributed by atoms with E-state index in [9.17, 15) is 9.59 Å². The van der Waals surface area contributed by atoms with E-state index in [2.05, 4.69) is 0 Å². The third kappa shape index (κ3) is 0.878. The lowest BCUT2D eigenvalue weighted by atomic mass is 10.0. The van der Waals surface area contributed by atoms with Gasteiger partial charge in [-0.25, -0.2) is 0 Å². The predicted molar refractivity (Wildman–Crippen MR) is 52.0 cm³/mol. The monoisotopic (exact) mass is 190 g/mol. The summed E-state index contributed by atoms with van der Waals surface area (Å²) < 4.78 is 0. The zero-order chi connectivity index (χ0) is 10.5. The van der Waals surface area contributed by atoms with Crippen molar-refractivity contribution in [1.29, 1.82) is 0 Å². The molecule has 1 aliphatic rings. The molecule has 2 N–H and O–H groups in total.